The summed E-state index contributed by atoms with van der Waals surface area (Å²) in [7, 11) is -1.38. The Morgan fingerprint density at radius 1 is 1.11 bits per heavy atom. The van der Waals surface area contributed by atoms with Gasteiger partial charge in [0.15, 0.2) is 11.0 Å². The van der Waals surface area contributed by atoms with Gasteiger partial charge >= 0.3 is 0 Å². The van der Waals surface area contributed by atoms with Gasteiger partial charge in [-0.15, -0.1) is 0 Å². The van der Waals surface area contributed by atoms with Crippen LogP contribution in [0.5, 0.6) is 0 Å². The van der Waals surface area contributed by atoms with E-state index in [9.17, 15) is 14.3 Å². The lowest BCUT2D eigenvalue weighted by Crippen LogP contribution is -2.17. The van der Waals surface area contributed by atoms with Gasteiger partial charge in [0, 0.05) is 11.8 Å². The van der Waals surface area contributed by atoms with E-state index < -0.39 is 15.9 Å². The average molecular weight is 274 g/mol. The van der Waals surface area contributed by atoms with E-state index in [1.165, 1.54) is 6.07 Å². The normalized spacial score (nSPS) is 17.3. The summed E-state index contributed by atoms with van der Waals surface area (Å²) in [5.41, 5.74) is 1.37. The molecule has 2 aromatic carbocycles. The Morgan fingerprint density at radius 3 is 2.53 bits per heavy atom. The van der Waals surface area contributed by atoms with Crippen molar-refractivity contribution in [1.29, 1.82) is 0 Å². The van der Waals surface area contributed by atoms with Crippen molar-refractivity contribution in [2.45, 2.75) is 11.4 Å². The van der Waals surface area contributed by atoms with Gasteiger partial charge in [0.1, 0.15) is 0 Å². The molecule has 2 aromatic rings. The topological polar surface area (TPSA) is 63.5 Å². The predicted molar refractivity (Wildman–Crippen MR) is 72.1 cm³/mol. The van der Waals surface area contributed by atoms with E-state index in [0.29, 0.717) is 17.0 Å². The molecule has 19 heavy (non-hydrogen) atoms. The maximum atomic E-state index is 12.4. The highest BCUT2D eigenvalue weighted by atomic mass is 32.2. The van der Waals surface area contributed by atoms with E-state index in [4.69, 9.17) is 0 Å². The molecule has 0 aliphatic carbocycles. The van der Waals surface area contributed by atoms with Crippen molar-refractivity contribution in [2.75, 3.05) is 4.31 Å². The number of benzene rings is 2. The van der Waals surface area contributed by atoms with Crippen molar-refractivity contribution in [1.82, 2.24) is 0 Å². The van der Waals surface area contributed by atoms with E-state index in [-0.39, 0.29) is 5.69 Å². The largest absolute Gasteiger partial charge is 0.283 e. The third-order valence-electron chi connectivity index (χ3n) is 3.04. The summed E-state index contributed by atoms with van der Waals surface area (Å²) >= 11 is 0. The zero-order chi connectivity index (χ0) is 13.4. The van der Waals surface area contributed by atoms with Crippen molar-refractivity contribution in [3.8, 4) is 0 Å². The highest BCUT2D eigenvalue weighted by molar-refractivity contribution is 7.86. The molecule has 0 N–H and O–H groups in total. The monoisotopic (exact) mass is 274 g/mol. The van der Waals surface area contributed by atoms with E-state index in [1.807, 2.05) is 30.3 Å². The molecule has 3 rings (SSSR count). The number of anilines is 1. The first-order valence-electron chi connectivity index (χ1n) is 5.69. The molecule has 1 heterocycles. The Bertz CT molecular complexity index is 673. The number of para-hydroxylation sites is 1. The Kier molecular flexibility index (Phi) is 2.79. The van der Waals surface area contributed by atoms with Crippen LogP contribution < -0.4 is 4.31 Å². The van der Waals surface area contributed by atoms with Crippen LogP contribution in [0.2, 0.25) is 0 Å². The molecule has 5 nitrogen and oxygen atoms in total. The van der Waals surface area contributed by atoms with E-state index in [1.54, 1.807) is 16.4 Å². The molecule has 1 unspecified atom stereocenters. The second-order valence-corrected chi connectivity index (χ2v) is 5.51. The smallest absolute Gasteiger partial charge is 0.275 e. The molecule has 0 bridgehead atoms. The van der Waals surface area contributed by atoms with Crippen LogP contribution in [0.15, 0.2) is 53.4 Å². The van der Waals surface area contributed by atoms with Crippen LogP contribution in [0.25, 0.3) is 0 Å². The fourth-order valence-corrected chi connectivity index (χ4v) is 3.52. The lowest BCUT2D eigenvalue weighted by molar-refractivity contribution is -0.385. The van der Waals surface area contributed by atoms with Crippen LogP contribution in [0.4, 0.5) is 11.4 Å². The summed E-state index contributed by atoms with van der Waals surface area (Å²) in [5, 5.41) is 11.0. The summed E-state index contributed by atoms with van der Waals surface area (Å²) < 4.78 is 14.1. The predicted octanol–water partition coefficient (Wildman–Crippen LogP) is 2.64. The molecule has 0 amide bonds. The molecule has 0 radical (unpaired) electrons. The Morgan fingerprint density at radius 2 is 1.84 bits per heavy atom. The lowest BCUT2D eigenvalue weighted by Gasteiger charge is -2.15. The first-order valence-corrected chi connectivity index (χ1v) is 6.80. The van der Waals surface area contributed by atoms with Crippen LogP contribution in [-0.2, 0) is 17.5 Å². The minimum Gasteiger partial charge on any atom is -0.283 e. The molecule has 1 aliphatic rings. The second kappa shape index (κ2) is 4.47. The van der Waals surface area contributed by atoms with E-state index >= 15 is 0 Å². The molecule has 0 spiro atoms. The lowest BCUT2D eigenvalue weighted by atomic mass is 10.1. The number of rotatable bonds is 2. The Balaban J connectivity index is 2.07. The minimum absolute atomic E-state index is 0.0317. The third-order valence-corrected chi connectivity index (χ3v) is 4.54. The quantitative estimate of drug-likeness (QED) is 0.624. The Hall–Kier alpha value is -2.21. The third kappa shape index (κ3) is 1.90. The van der Waals surface area contributed by atoms with Crippen molar-refractivity contribution in [2.24, 2.45) is 0 Å². The van der Waals surface area contributed by atoms with Crippen molar-refractivity contribution in [3.05, 3.63) is 64.2 Å². The number of fused-ring (bicyclic) bond motifs is 1. The first kappa shape index (κ1) is 11.9. The second-order valence-electron chi connectivity index (χ2n) is 4.13. The number of hydrogen-bond acceptors (Lipinski definition) is 3. The van der Waals surface area contributed by atoms with Crippen molar-refractivity contribution in [3.63, 3.8) is 0 Å². The summed E-state index contributed by atoms with van der Waals surface area (Å²) in [5.74, 6) is 0. The molecule has 0 saturated heterocycles. The SMILES string of the molecule is O=[N+]([O-])c1cccc2c1CN(c1ccccc1)S2=O. The number of nitrogens with zero attached hydrogens (tertiary/aromatic N) is 2. The minimum atomic E-state index is -1.38. The fourth-order valence-electron chi connectivity index (χ4n) is 2.15. The molecule has 1 atom stereocenters. The number of nitro benzene ring substituents is 1. The average Bonchev–Trinajstić information content (AvgIpc) is 2.77. The molecule has 0 aromatic heterocycles. The van der Waals surface area contributed by atoms with Crippen LogP contribution in [0.3, 0.4) is 0 Å². The molecular formula is C13H10N2O3S. The summed E-state index contributed by atoms with van der Waals surface area (Å²) in [6, 6.07) is 14.0. The van der Waals surface area contributed by atoms with Gasteiger partial charge in [-0.05, 0) is 18.2 Å². The standard InChI is InChI=1S/C13H10N2O3S/c16-15(17)12-7-4-8-13-11(12)9-14(19(13)18)10-5-2-1-3-6-10/h1-8H,9H2. The first-order chi connectivity index (χ1) is 9.18. The fraction of sp³-hybridized carbons (Fsp3) is 0.0769. The summed E-state index contributed by atoms with van der Waals surface area (Å²) in [6.45, 7) is 0.295. The molecule has 6 heteroatoms. The van der Waals surface area contributed by atoms with Gasteiger partial charge in [-0.25, -0.2) is 4.21 Å². The molecule has 0 saturated carbocycles. The van der Waals surface area contributed by atoms with Gasteiger partial charge in [-0.1, -0.05) is 24.3 Å². The maximum Gasteiger partial charge on any atom is 0.275 e. The highest BCUT2D eigenvalue weighted by Crippen LogP contribution is 2.36. The van der Waals surface area contributed by atoms with E-state index in [0.717, 1.165) is 5.69 Å². The summed E-state index contributed by atoms with van der Waals surface area (Å²) in [4.78, 5) is 11.1. The molecule has 1 aliphatic heterocycles. The zero-order valence-electron chi connectivity index (χ0n) is 9.85. The van der Waals surface area contributed by atoms with Crippen molar-refractivity contribution < 1.29 is 9.13 Å². The zero-order valence-corrected chi connectivity index (χ0v) is 10.7. The molecular weight excluding hydrogens is 264 g/mol. The van der Waals surface area contributed by atoms with Gasteiger partial charge in [0.2, 0.25) is 0 Å². The van der Waals surface area contributed by atoms with Gasteiger partial charge in [0.05, 0.1) is 21.9 Å². The number of nitro groups is 1. The van der Waals surface area contributed by atoms with Crippen LogP contribution in [0.1, 0.15) is 5.56 Å². The van der Waals surface area contributed by atoms with Gasteiger partial charge in [0.25, 0.3) is 5.69 Å². The summed E-state index contributed by atoms with van der Waals surface area (Å²) in [6.07, 6.45) is 0. The highest BCUT2D eigenvalue weighted by Gasteiger charge is 2.32. The van der Waals surface area contributed by atoms with Gasteiger partial charge in [-0.2, -0.15) is 0 Å². The van der Waals surface area contributed by atoms with E-state index in [2.05, 4.69) is 0 Å². The van der Waals surface area contributed by atoms with Crippen LogP contribution >= 0.6 is 0 Å². The van der Waals surface area contributed by atoms with Crippen molar-refractivity contribution >= 4 is 22.4 Å². The van der Waals surface area contributed by atoms with Crippen LogP contribution in [-0.4, -0.2) is 9.13 Å². The number of hydrogen-bond donors (Lipinski definition) is 0. The van der Waals surface area contributed by atoms with Gasteiger partial charge in [-0.3, -0.25) is 14.4 Å². The van der Waals surface area contributed by atoms with Gasteiger partial charge < -0.3 is 0 Å². The molecule has 0 fully saturated rings. The Labute approximate surface area is 112 Å². The van der Waals surface area contributed by atoms with Crippen LogP contribution in [0, 0.1) is 10.1 Å². The molecule has 96 valence electrons. The maximum absolute atomic E-state index is 12.4.